The minimum atomic E-state index is -0.741. The molecular weight excluding hydrogens is 352 g/mol. The second-order valence-corrected chi connectivity index (χ2v) is 6.21. The van der Waals surface area contributed by atoms with Crippen LogP contribution in [0.25, 0.3) is 11.0 Å². The number of fused-ring (bicyclic) bond motifs is 1. The lowest BCUT2D eigenvalue weighted by Gasteiger charge is -2.22. The van der Waals surface area contributed by atoms with Crippen LogP contribution in [0.1, 0.15) is 43.0 Å². The molecule has 1 unspecified atom stereocenters. The highest BCUT2D eigenvalue weighted by atomic mass is 16.7. The van der Waals surface area contributed by atoms with Gasteiger partial charge in [0.15, 0.2) is 17.6 Å². The normalized spacial score (nSPS) is 17.0. The highest BCUT2D eigenvalue weighted by Crippen LogP contribution is 2.25. The molecule has 2 heterocycles. The SMILES string of the molecule is CCOC(=O)c1cc2cccc(OCCCOC3CCCCO3)c2oc1=O. The summed E-state index contributed by atoms with van der Waals surface area (Å²) in [4.78, 5) is 23.9. The summed E-state index contributed by atoms with van der Waals surface area (Å²) in [5.41, 5.74) is -0.552. The predicted octanol–water partition coefficient (Wildman–Crippen LogP) is 3.28. The van der Waals surface area contributed by atoms with Crippen molar-refractivity contribution in [2.24, 2.45) is 0 Å². The molecule has 1 atom stereocenters. The highest BCUT2D eigenvalue weighted by Gasteiger charge is 2.17. The zero-order chi connectivity index (χ0) is 19.1. The van der Waals surface area contributed by atoms with Gasteiger partial charge >= 0.3 is 11.6 Å². The summed E-state index contributed by atoms with van der Waals surface area (Å²) >= 11 is 0. The summed E-state index contributed by atoms with van der Waals surface area (Å²) in [5, 5.41) is 0.599. The monoisotopic (exact) mass is 376 g/mol. The molecule has 7 nitrogen and oxygen atoms in total. The van der Waals surface area contributed by atoms with Crippen LogP contribution < -0.4 is 10.4 Å². The van der Waals surface area contributed by atoms with Crippen LogP contribution >= 0.6 is 0 Å². The van der Waals surface area contributed by atoms with Crippen molar-refractivity contribution >= 4 is 16.9 Å². The number of carbonyl (C=O) groups is 1. The summed E-state index contributed by atoms with van der Waals surface area (Å²) < 4.78 is 27.1. The molecule has 2 aromatic rings. The van der Waals surface area contributed by atoms with Crippen molar-refractivity contribution in [1.82, 2.24) is 0 Å². The minimum absolute atomic E-state index is 0.115. The maximum atomic E-state index is 12.1. The van der Waals surface area contributed by atoms with E-state index in [0.717, 1.165) is 25.9 Å². The highest BCUT2D eigenvalue weighted by molar-refractivity contribution is 5.93. The number of hydrogen-bond donors (Lipinski definition) is 0. The topological polar surface area (TPSA) is 84.2 Å². The number of rotatable bonds is 8. The number of ether oxygens (including phenoxy) is 4. The predicted molar refractivity (Wildman–Crippen MR) is 98.1 cm³/mol. The Balaban J connectivity index is 1.60. The lowest BCUT2D eigenvalue weighted by molar-refractivity contribution is -0.163. The van der Waals surface area contributed by atoms with Crippen molar-refractivity contribution < 1.29 is 28.2 Å². The number of para-hydroxylation sites is 1. The van der Waals surface area contributed by atoms with Crippen LogP contribution in [0.4, 0.5) is 0 Å². The van der Waals surface area contributed by atoms with Gasteiger partial charge in [-0.25, -0.2) is 9.59 Å². The van der Waals surface area contributed by atoms with Crippen LogP contribution in [0.15, 0.2) is 33.5 Å². The van der Waals surface area contributed by atoms with Crippen molar-refractivity contribution in [3.8, 4) is 5.75 Å². The molecule has 0 radical (unpaired) electrons. The summed E-state index contributed by atoms with van der Waals surface area (Å²) in [6.45, 7) is 3.57. The number of carbonyl (C=O) groups excluding carboxylic acids is 1. The van der Waals surface area contributed by atoms with Gasteiger partial charge in [-0.3, -0.25) is 0 Å². The Labute approximate surface area is 157 Å². The Hall–Kier alpha value is -2.38. The molecule has 146 valence electrons. The van der Waals surface area contributed by atoms with Crippen LogP contribution in [-0.2, 0) is 14.2 Å². The van der Waals surface area contributed by atoms with Gasteiger partial charge in [0.25, 0.3) is 0 Å². The first-order valence-electron chi connectivity index (χ1n) is 9.29. The van der Waals surface area contributed by atoms with E-state index in [1.807, 2.05) is 0 Å². The molecule has 1 aromatic heterocycles. The largest absolute Gasteiger partial charge is 0.490 e. The zero-order valence-electron chi connectivity index (χ0n) is 15.4. The summed E-state index contributed by atoms with van der Waals surface area (Å²) in [6, 6.07) is 6.71. The van der Waals surface area contributed by atoms with Crippen molar-refractivity contribution in [1.29, 1.82) is 0 Å². The van der Waals surface area contributed by atoms with Gasteiger partial charge in [0.05, 0.1) is 19.8 Å². The van der Waals surface area contributed by atoms with E-state index in [4.69, 9.17) is 23.4 Å². The van der Waals surface area contributed by atoms with Gasteiger partial charge in [-0.15, -0.1) is 0 Å². The smallest absolute Gasteiger partial charge is 0.351 e. The Bertz CT molecular complexity index is 821. The molecule has 1 aliphatic heterocycles. The molecule has 0 spiro atoms. The molecular formula is C20H24O7. The minimum Gasteiger partial charge on any atom is -0.490 e. The van der Waals surface area contributed by atoms with Crippen LogP contribution in [0.2, 0.25) is 0 Å². The van der Waals surface area contributed by atoms with E-state index in [2.05, 4.69) is 0 Å². The van der Waals surface area contributed by atoms with Gasteiger partial charge in [-0.2, -0.15) is 0 Å². The molecule has 1 aliphatic rings. The van der Waals surface area contributed by atoms with Crippen molar-refractivity contribution in [2.45, 2.75) is 38.9 Å². The Morgan fingerprint density at radius 1 is 1.26 bits per heavy atom. The van der Waals surface area contributed by atoms with Gasteiger partial charge in [0.2, 0.25) is 0 Å². The Kier molecular flexibility index (Phi) is 6.84. The van der Waals surface area contributed by atoms with Crippen molar-refractivity contribution in [2.75, 3.05) is 26.4 Å². The number of hydrogen-bond acceptors (Lipinski definition) is 7. The third kappa shape index (κ3) is 5.08. The third-order valence-corrected chi connectivity index (χ3v) is 4.21. The number of esters is 1. The van der Waals surface area contributed by atoms with E-state index in [9.17, 15) is 9.59 Å². The molecule has 27 heavy (non-hydrogen) atoms. The van der Waals surface area contributed by atoms with Crippen molar-refractivity contribution in [3.05, 3.63) is 40.2 Å². The fraction of sp³-hybridized carbons (Fsp3) is 0.500. The van der Waals surface area contributed by atoms with Gasteiger partial charge in [0.1, 0.15) is 5.56 Å². The molecule has 1 saturated heterocycles. The molecule has 1 fully saturated rings. The summed E-state index contributed by atoms with van der Waals surface area (Å²) in [7, 11) is 0. The van der Waals surface area contributed by atoms with Crippen LogP contribution in [0.3, 0.4) is 0 Å². The average molecular weight is 376 g/mol. The summed E-state index contributed by atoms with van der Waals surface area (Å²) in [6.07, 6.45) is 3.71. The first kappa shape index (κ1) is 19.4. The molecule has 0 aliphatic carbocycles. The Morgan fingerprint density at radius 3 is 2.93 bits per heavy atom. The summed E-state index contributed by atoms with van der Waals surface area (Å²) in [5.74, 6) is -0.240. The molecule has 0 N–H and O–H groups in total. The standard InChI is InChI=1S/C20H24O7/c1-2-23-19(21)15-13-14-7-5-8-16(18(14)27-20(15)22)24-11-6-12-26-17-9-3-4-10-25-17/h5,7-8,13,17H,2-4,6,9-12H2,1H3. The molecule has 1 aromatic carbocycles. The fourth-order valence-corrected chi connectivity index (χ4v) is 2.88. The first-order chi connectivity index (χ1) is 13.2. The first-order valence-corrected chi connectivity index (χ1v) is 9.29. The molecule has 7 heteroatoms. The lowest BCUT2D eigenvalue weighted by Crippen LogP contribution is -2.23. The second kappa shape index (κ2) is 9.53. The van der Waals surface area contributed by atoms with E-state index in [1.165, 1.54) is 6.07 Å². The quantitative estimate of drug-likeness (QED) is 0.397. The third-order valence-electron chi connectivity index (χ3n) is 4.21. The van der Waals surface area contributed by atoms with Gasteiger partial charge in [-0.05, 0) is 38.3 Å². The zero-order valence-corrected chi connectivity index (χ0v) is 15.4. The van der Waals surface area contributed by atoms with Gasteiger partial charge < -0.3 is 23.4 Å². The van der Waals surface area contributed by atoms with E-state index >= 15 is 0 Å². The second-order valence-electron chi connectivity index (χ2n) is 6.21. The van der Waals surface area contributed by atoms with E-state index in [-0.39, 0.29) is 18.5 Å². The molecule has 0 saturated carbocycles. The van der Waals surface area contributed by atoms with E-state index in [1.54, 1.807) is 25.1 Å². The molecule has 0 bridgehead atoms. The van der Waals surface area contributed by atoms with Crippen LogP contribution in [0.5, 0.6) is 5.75 Å². The fourth-order valence-electron chi connectivity index (χ4n) is 2.88. The lowest BCUT2D eigenvalue weighted by atomic mass is 10.2. The van der Waals surface area contributed by atoms with Crippen molar-refractivity contribution in [3.63, 3.8) is 0 Å². The Morgan fingerprint density at radius 2 is 2.15 bits per heavy atom. The molecule has 0 amide bonds. The molecule has 3 rings (SSSR count). The van der Waals surface area contributed by atoms with Crippen LogP contribution in [0, 0.1) is 0 Å². The van der Waals surface area contributed by atoms with Gasteiger partial charge in [-0.1, -0.05) is 12.1 Å². The number of benzene rings is 1. The average Bonchev–Trinajstić information content (AvgIpc) is 2.68. The van der Waals surface area contributed by atoms with Crippen LogP contribution in [-0.4, -0.2) is 38.7 Å². The maximum absolute atomic E-state index is 12.1. The van der Waals surface area contributed by atoms with E-state index in [0.29, 0.717) is 36.4 Å². The maximum Gasteiger partial charge on any atom is 0.351 e. The van der Waals surface area contributed by atoms with E-state index < -0.39 is 11.6 Å². The van der Waals surface area contributed by atoms with Gasteiger partial charge in [0, 0.05) is 18.4 Å².